The normalized spacial score (nSPS) is 12.8. The average molecular weight is 437 g/mol. The number of benzene rings is 3. The molecule has 1 heterocycles. The Balaban J connectivity index is 1.48. The van der Waals surface area contributed by atoms with Crippen LogP contribution in [-0.4, -0.2) is 15.8 Å². The van der Waals surface area contributed by atoms with Crippen molar-refractivity contribution in [3.8, 4) is 16.8 Å². The minimum Gasteiger partial charge on any atom is -0.327 e. The number of urea groups is 1. The first-order chi connectivity index (χ1) is 15.8. The molecule has 2 amide bonds. The minimum atomic E-state index is -0.262. The molecular weight excluding hydrogens is 408 g/mol. The fraction of sp³-hybridized carbons (Fsp3) is 0.214. The van der Waals surface area contributed by atoms with Gasteiger partial charge in [0.2, 0.25) is 0 Å². The molecule has 5 nitrogen and oxygen atoms in total. The van der Waals surface area contributed by atoms with E-state index in [1.165, 1.54) is 11.1 Å². The van der Waals surface area contributed by atoms with Crippen LogP contribution in [0.1, 0.15) is 49.2 Å². The topological polar surface area (TPSA) is 59.0 Å². The molecule has 4 aromatic rings. The van der Waals surface area contributed by atoms with Crippen LogP contribution in [0.25, 0.3) is 16.8 Å². The average Bonchev–Trinajstić information content (AvgIpc) is 3.34. The van der Waals surface area contributed by atoms with E-state index in [2.05, 4.69) is 55.7 Å². The second-order valence-corrected chi connectivity index (χ2v) is 9.57. The van der Waals surface area contributed by atoms with Crippen molar-refractivity contribution in [3.05, 3.63) is 101 Å². The molecule has 0 saturated heterocycles. The van der Waals surface area contributed by atoms with E-state index in [1.807, 2.05) is 66.2 Å². The Morgan fingerprint density at radius 3 is 2.06 bits per heavy atom. The van der Waals surface area contributed by atoms with Crippen LogP contribution in [-0.2, 0) is 5.41 Å². The lowest BCUT2D eigenvalue weighted by Crippen LogP contribution is -2.33. The Morgan fingerprint density at radius 1 is 0.879 bits per heavy atom. The smallest absolute Gasteiger partial charge is 0.321 e. The molecule has 1 aliphatic carbocycles. The third-order valence-electron chi connectivity index (χ3n) is 6.17. The minimum absolute atomic E-state index is 0.149. The largest absolute Gasteiger partial charge is 0.327 e. The van der Waals surface area contributed by atoms with Gasteiger partial charge in [0.25, 0.3) is 0 Å². The van der Waals surface area contributed by atoms with Gasteiger partial charge in [-0.1, -0.05) is 87.5 Å². The molecular formula is C28H28N4O. The summed E-state index contributed by atoms with van der Waals surface area (Å²) in [5.74, 6) is 0.645. The lowest BCUT2D eigenvalue weighted by atomic mass is 9.92. The van der Waals surface area contributed by atoms with Crippen molar-refractivity contribution >= 4 is 11.8 Å². The molecule has 0 spiro atoms. The predicted molar refractivity (Wildman–Crippen MR) is 133 cm³/mol. The van der Waals surface area contributed by atoms with E-state index in [1.54, 1.807) is 0 Å². The maximum atomic E-state index is 13.3. The highest BCUT2D eigenvalue weighted by atomic mass is 16.2. The summed E-state index contributed by atoms with van der Waals surface area (Å²) in [5, 5.41) is 11.1. The van der Waals surface area contributed by atoms with Crippen molar-refractivity contribution in [2.45, 2.75) is 39.2 Å². The van der Waals surface area contributed by atoms with Gasteiger partial charge >= 0.3 is 6.03 Å². The Hall–Kier alpha value is -3.86. The van der Waals surface area contributed by atoms with Crippen molar-refractivity contribution in [2.75, 3.05) is 5.32 Å². The summed E-state index contributed by atoms with van der Waals surface area (Å²) in [6, 6.07) is 26.0. The van der Waals surface area contributed by atoms with Crippen LogP contribution in [0.3, 0.4) is 0 Å². The molecule has 1 aromatic heterocycles. The summed E-state index contributed by atoms with van der Waals surface area (Å²) < 4.78 is 1.83. The van der Waals surface area contributed by atoms with Gasteiger partial charge < -0.3 is 5.32 Å². The van der Waals surface area contributed by atoms with Crippen LogP contribution in [0.15, 0.2) is 78.9 Å². The molecule has 166 valence electrons. The van der Waals surface area contributed by atoms with Crippen molar-refractivity contribution in [2.24, 2.45) is 0 Å². The Morgan fingerprint density at radius 2 is 1.45 bits per heavy atom. The summed E-state index contributed by atoms with van der Waals surface area (Å²) in [4.78, 5) is 13.3. The van der Waals surface area contributed by atoms with E-state index in [0.717, 1.165) is 28.1 Å². The van der Waals surface area contributed by atoms with Crippen LogP contribution >= 0.6 is 0 Å². The molecule has 0 aliphatic heterocycles. The van der Waals surface area contributed by atoms with Crippen LogP contribution in [0.2, 0.25) is 0 Å². The molecule has 0 fully saturated rings. The summed E-state index contributed by atoms with van der Waals surface area (Å²) in [6.07, 6.45) is 0. The quantitative estimate of drug-likeness (QED) is 0.392. The molecule has 5 heteroatoms. The highest BCUT2D eigenvalue weighted by molar-refractivity contribution is 5.91. The van der Waals surface area contributed by atoms with E-state index >= 15 is 0 Å². The summed E-state index contributed by atoms with van der Waals surface area (Å²) in [5.41, 5.74) is 7.34. The fourth-order valence-electron chi connectivity index (χ4n) is 4.42. The molecule has 0 saturated carbocycles. The summed E-state index contributed by atoms with van der Waals surface area (Å²) >= 11 is 0. The van der Waals surface area contributed by atoms with Gasteiger partial charge in [0.05, 0.1) is 17.4 Å². The number of carbonyl (C=O) groups is 1. The molecule has 0 unspecified atom stereocenters. The van der Waals surface area contributed by atoms with Crippen LogP contribution < -0.4 is 10.6 Å². The van der Waals surface area contributed by atoms with E-state index in [4.69, 9.17) is 5.10 Å². The van der Waals surface area contributed by atoms with Crippen molar-refractivity contribution in [1.82, 2.24) is 15.1 Å². The van der Waals surface area contributed by atoms with Crippen LogP contribution in [0.4, 0.5) is 10.6 Å². The zero-order valence-electron chi connectivity index (χ0n) is 19.4. The third kappa shape index (κ3) is 3.80. The van der Waals surface area contributed by atoms with Crippen molar-refractivity contribution in [1.29, 1.82) is 0 Å². The molecule has 0 bridgehead atoms. The van der Waals surface area contributed by atoms with E-state index in [0.29, 0.717) is 5.82 Å². The number of carbonyl (C=O) groups excluding carboxylic acids is 1. The van der Waals surface area contributed by atoms with Crippen molar-refractivity contribution in [3.63, 3.8) is 0 Å². The number of hydrogen-bond acceptors (Lipinski definition) is 2. The van der Waals surface area contributed by atoms with Crippen molar-refractivity contribution < 1.29 is 4.79 Å². The monoisotopic (exact) mass is 436 g/mol. The number of fused-ring (bicyclic) bond motifs is 3. The van der Waals surface area contributed by atoms with Gasteiger partial charge in [-0.25, -0.2) is 9.48 Å². The van der Waals surface area contributed by atoms with Crippen LogP contribution in [0, 0.1) is 6.92 Å². The predicted octanol–water partition coefficient (Wildman–Crippen LogP) is 6.37. The van der Waals surface area contributed by atoms with E-state index < -0.39 is 0 Å². The second kappa shape index (κ2) is 7.93. The standard InChI is InChI=1S/C28H28N4O/c1-18-11-5-10-16-23(18)32-25(17-24(31-32)28(2,3)4)29-27(33)30-26-21-14-8-6-12-19(21)20-13-7-9-15-22(20)26/h5-17,26H,1-4H3,(H2,29,30,33). The molecule has 33 heavy (non-hydrogen) atoms. The van der Waals surface area contributed by atoms with Gasteiger partial charge in [-0.05, 0) is 40.8 Å². The molecule has 5 rings (SSSR count). The summed E-state index contributed by atoms with van der Waals surface area (Å²) in [7, 11) is 0. The number of aromatic nitrogens is 2. The van der Waals surface area contributed by atoms with Crippen LogP contribution in [0.5, 0.6) is 0 Å². The van der Waals surface area contributed by atoms with Gasteiger partial charge in [0, 0.05) is 11.5 Å². The number of rotatable bonds is 3. The third-order valence-corrected chi connectivity index (χ3v) is 6.17. The van der Waals surface area contributed by atoms with Gasteiger partial charge in [-0.3, -0.25) is 5.32 Å². The first-order valence-electron chi connectivity index (χ1n) is 11.3. The maximum absolute atomic E-state index is 13.3. The number of para-hydroxylation sites is 1. The zero-order chi connectivity index (χ0) is 23.2. The fourth-order valence-corrected chi connectivity index (χ4v) is 4.42. The number of anilines is 1. The van der Waals surface area contributed by atoms with Gasteiger partial charge in [0.15, 0.2) is 0 Å². The number of hydrogen-bond donors (Lipinski definition) is 2. The highest BCUT2D eigenvalue weighted by Crippen LogP contribution is 2.43. The SMILES string of the molecule is Cc1ccccc1-n1nc(C(C)(C)C)cc1NC(=O)NC1c2ccccc2-c2ccccc21. The van der Waals surface area contributed by atoms with Gasteiger partial charge in [-0.2, -0.15) is 5.10 Å². The molecule has 0 atom stereocenters. The Kier molecular flexibility index (Phi) is 5.05. The Labute approximate surface area is 194 Å². The molecule has 0 radical (unpaired) electrons. The number of nitrogens with zero attached hydrogens (tertiary/aromatic N) is 2. The highest BCUT2D eigenvalue weighted by Gasteiger charge is 2.30. The lowest BCUT2D eigenvalue weighted by molar-refractivity contribution is 0.250. The molecule has 1 aliphatic rings. The first-order valence-corrected chi connectivity index (χ1v) is 11.3. The molecule has 3 aromatic carbocycles. The number of aryl methyl sites for hydroxylation is 1. The molecule has 2 N–H and O–H groups in total. The number of nitrogens with one attached hydrogen (secondary N) is 2. The summed E-state index contributed by atoms with van der Waals surface area (Å²) in [6.45, 7) is 8.40. The zero-order valence-corrected chi connectivity index (χ0v) is 19.4. The van der Waals surface area contributed by atoms with E-state index in [9.17, 15) is 4.79 Å². The lowest BCUT2D eigenvalue weighted by Gasteiger charge is -2.17. The number of amides is 2. The maximum Gasteiger partial charge on any atom is 0.321 e. The second-order valence-electron chi connectivity index (χ2n) is 9.57. The van der Waals surface area contributed by atoms with Gasteiger partial charge in [0.1, 0.15) is 5.82 Å². The van der Waals surface area contributed by atoms with Gasteiger partial charge in [-0.15, -0.1) is 0 Å². The first kappa shape index (κ1) is 21.0. The van der Waals surface area contributed by atoms with E-state index in [-0.39, 0.29) is 17.5 Å². The Bertz CT molecular complexity index is 1300.